The quantitative estimate of drug-likeness (QED) is 0.625. The van der Waals surface area contributed by atoms with E-state index in [0.29, 0.717) is 11.3 Å². The van der Waals surface area contributed by atoms with Gasteiger partial charge in [0, 0.05) is 18.0 Å². The summed E-state index contributed by atoms with van der Waals surface area (Å²) in [7, 11) is 0. The fourth-order valence-electron chi connectivity index (χ4n) is 2.62. The first-order chi connectivity index (χ1) is 12.9. The standard InChI is InChI=1S/C19H16N2O5S/c22-16(11-17(23)24)10-13-6-8-15(9-7-13)21-18(25)20(19(26)27-21)12-14-4-2-1-3-5-14/h1-9H,10-12H2,(H,23,24). The molecule has 138 valence electrons. The lowest BCUT2D eigenvalue weighted by molar-refractivity contribution is -0.140. The molecule has 27 heavy (non-hydrogen) atoms. The van der Waals surface area contributed by atoms with Crippen LogP contribution in [0, 0.1) is 0 Å². The molecule has 0 fully saturated rings. The lowest BCUT2D eigenvalue weighted by Gasteiger charge is -2.03. The Bertz CT molecular complexity index is 1080. The number of rotatable bonds is 7. The molecule has 0 amide bonds. The van der Waals surface area contributed by atoms with E-state index in [0.717, 1.165) is 17.1 Å². The molecule has 0 radical (unpaired) electrons. The number of aromatic nitrogens is 2. The maximum Gasteiger partial charge on any atom is 0.346 e. The minimum Gasteiger partial charge on any atom is -0.481 e. The van der Waals surface area contributed by atoms with Gasteiger partial charge in [-0.05, 0) is 23.3 Å². The van der Waals surface area contributed by atoms with E-state index in [1.165, 1.54) is 8.52 Å². The third-order valence-corrected chi connectivity index (χ3v) is 4.82. The Kier molecular flexibility index (Phi) is 5.46. The van der Waals surface area contributed by atoms with Crippen LogP contribution in [0.5, 0.6) is 0 Å². The van der Waals surface area contributed by atoms with Crippen molar-refractivity contribution < 1.29 is 14.7 Å². The maximum atomic E-state index is 12.6. The number of hydrogen-bond acceptors (Lipinski definition) is 5. The van der Waals surface area contributed by atoms with Crippen molar-refractivity contribution in [2.45, 2.75) is 19.4 Å². The molecule has 0 atom stereocenters. The van der Waals surface area contributed by atoms with Gasteiger partial charge in [-0.15, -0.1) is 0 Å². The second kappa shape index (κ2) is 7.96. The van der Waals surface area contributed by atoms with Gasteiger partial charge in [-0.3, -0.25) is 14.4 Å². The summed E-state index contributed by atoms with van der Waals surface area (Å²) in [6.45, 7) is 0.198. The molecule has 0 unspecified atom stereocenters. The van der Waals surface area contributed by atoms with E-state index in [1.807, 2.05) is 30.3 Å². The van der Waals surface area contributed by atoms with E-state index in [1.54, 1.807) is 24.3 Å². The molecule has 1 N–H and O–H groups in total. The fraction of sp³-hybridized carbons (Fsp3) is 0.158. The number of ketones is 1. The third-order valence-electron chi connectivity index (χ3n) is 3.90. The van der Waals surface area contributed by atoms with E-state index < -0.39 is 23.9 Å². The lowest BCUT2D eigenvalue weighted by atomic mass is 10.1. The number of benzene rings is 2. The van der Waals surface area contributed by atoms with Gasteiger partial charge in [-0.25, -0.2) is 13.3 Å². The minimum absolute atomic E-state index is 0.00668. The summed E-state index contributed by atoms with van der Waals surface area (Å²) in [5, 5.41) is 8.63. The Morgan fingerprint density at radius 1 is 0.926 bits per heavy atom. The first-order valence-electron chi connectivity index (χ1n) is 8.14. The van der Waals surface area contributed by atoms with Crippen LogP contribution in [-0.2, 0) is 22.6 Å². The second-order valence-corrected chi connectivity index (χ2v) is 6.86. The monoisotopic (exact) mass is 384 g/mol. The van der Waals surface area contributed by atoms with E-state index in [9.17, 15) is 19.2 Å². The van der Waals surface area contributed by atoms with Crippen LogP contribution in [0.4, 0.5) is 0 Å². The van der Waals surface area contributed by atoms with Crippen LogP contribution in [0.3, 0.4) is 0 Å². The molecule has 7 nitrogen and oxygen atoms in total. The van der Waals surface area contributed by atoms with Gasteiger partial charge in [0.05, 0.1) is 12.2 Å². The highest BCUT2D eigenvalue weighted by Crippen LogP contribution is 2.11. The zero-order valence-electron chi connectivity index (χ0n) is 14.2. The van der Waals surface area contributed by atoms with Crippen molar-refractivity contribution in [2.75, 3.05) is 0 Å². The number of hydrogen-bond donors (Lipinski definition) is 1. The van der Waals surface area contributed by atoms with Gasteiger partial charge in [-0.1, -0.05) is 42.5 Å². The average Bonchev–Trinajstić information content (AvgIpc) is 2.91. The molecule has 0 spiro atoms. The summed E-state index contributed by atoms with van der Waals surface area (Å²) in [5.41, 5.74) is 1.59. The van der Waals surface area contributed by atoms with Crippen molar-refractivity contribution in [3.8, 4) is 5.69 Å². The molecule has 1 heterocycles. The van der Waals surface area contributed by atoms with E-state index >= 15 is 0 Å². The number of carboxylic acid groups (broad SMARTS) is 1. The Morgan fingerprint density at radius 3 is 2.22 bits per heavy atom. The van der Waals surface area contributed by atoms with Crippen molar-refractivity contribution in [1.29, 1.82) is 0 Å². The molecule has 3 aromatic rings. The molecule has 3 rings (SSSR count). The van der Waals surface area contributed by atoms with Gasteiger partial charge >= 0.3 is 16.5 Å². The van der Waals surface area contributed by atoms with Gasteiger partial charge in [0.25, 0.3) is 0 Å². The van der Waals surface area contributed by atoms with Crippen LogP contribution in [0.1, 0.15) is 17.5 Å². The second-order valence-electron chi connectivity index (χ2n) is 5.96. The number of carbonyl (C=O) groups is 2. The molecular weight excluding hydrogens is 368 g/mol. The topological polar surface area (TPSA) is 98.4 Å². The normalized spacial score (nSPS) is 10.7. The summed E-state index contributed by atoms with van der Waals surface area (Å²) in [6.07, 6.45) is -0.516. The summed E-state index contributed by atoms with van der Waals surface area (Å²) in [5.74, 6) is -1.56. The Labute approximate surface area is 157 Å². The summed E-state index contributed by atoms with van der Waals surface area (Å²) in [6, 6.07) is 15.8. The number of Topliss-reactive ketones (excluding diaryl/α,β-unsaturated/α-hetero) is 1. The van der Waals surface area contributed by atoms with Crippen molar-refractivity contribution in [2.24, 2.45) is 0 Å². The van der Waals surface area contributed by atoms with Gasteiger partial charge in [0.1, 0.15) is 12.2 Å². The summed E-state index contributed by atoms with van der Waals surface area (Å²) < 4.78 is 2.47. The van der Waals surface area contributed by atoms with Gasteiger partial charge in [0.2, 0.25) is 0 Å². The zero-order chi connectivity index (χ0) is 19.4. The number of carbonyl (C=O) groups excluding carboxylic acids is 1. The predicted molar refractivity (Wildman–Crippen MR) is 101 cm³/mol. The average molecular weight is 384 g/mol. The number of carboxylic acids is 1. The Balaban J connectivity index is 1.82. The van der Waals surface area contributed by atoms with Gasteiger partial charge < -0.3 is 5.11 Å². The van der Waals surface area contributed by atoms with Crippen LogP contribution >= 0.6 is 11.5 Å². The predicted octanol–water partition coefficient (Wildman–Crippen LogP) is 1.70. The molecule has 0 aliphatic carbocycles. The van der Waals surface area contributed by atoms with Crippen molar-refractivity contribution >= 4 is 23.3 Å². The Hall–Kier alpha value is -3.26. The third kappa shape index (κ3) is 4.48. The van der Waals surface area contributed by atoms with Crippen LogP contribution in [-0.4, -0.2) is 25.4 Å². The molecule has 0 saturated carbocycles. The number of aliphatic carboxylic acids is 1. The van der Waals surface area contributed by atoms with Crippen LogP contribution in [0.25, 0.3) is 5.69 Å². The van der Waals surface area contributed by atoms with E-state index in [2.05, 4.69) is 0 Å². The molecule has 2 aromatic carbocycles. The largest absolute Gasteiger partial charge is 0.481 e. The zero-order valence-corrected chi connectivity index (χ0v) is 15.0. The first kappa shape index (κ1) is 18.5. The van der Waals surface area contributed by atoms with E-state index in [4.69, 9.17) is 5.11 Å². The first-order valence-corrected chi connectivity index (χ1v) is 8.91. The highest BCUT2D eigenvalue weighted by Gasteiger charge is 2.13. The maximum absolute atomic E-state index is 12.6. The Morgan fingerprint density at radius 2 is 1.59 bits per heavy atom. The van der Waals surface area contributed by atoms with Crippen LogP contribution in [0.2, 0.25) is 0 Å². The fourth-order valence-corrected chi connectivity index (χ4v) is 3.42. The molecule has 0 bridgehead atoms. The highest BCUT2D eigenvalue weighted by molar-refractivity contribution is 7.03. The van der Waals surface area contributed by atoms with Crippen molar-refractivity contribution in [3.05, 3.63) is 85.9 Å². The highest BCUT2D eigenvalue weighted by atomic mass is 32.1. The molecule has 1 aromatic heterocycles. The SMILES string of the molecule is O=C(O)CC(=O)Cc1ccc(-n2sc(=O)n(Cc3ccccc3)c2=O)cc1. The lowest BCUT2D eigenvalue weighted by Crippen LogP contribution is -2.28. The van der Waals surface area contributed by atoms with Crippen LogP contribution in [0.15, 0.2) is 64.2 Å². The minimum atomic E-state index is -1.16. The van der Waals surface area contributed by atoms with Crippen molar-refractivity contribution in [1.82, 2.24) is 8.52 Å². The molecule has 0 saturated heterocycles. The van der Waals surface area contributed by atoms with Gasteiger partial charge in [-0.2, -0.15) is 0 Å². The van der Waals surface area contributed by atoms with Crippen molar-refractivity contribution in [3.63, 3.8) is 0 Å². The summed E-state index contributed by atoms with van der Waals surface area (Å²) >= 11 is 0.808. The molecule has 8 heteroatoms. The molecular formula is C19H16N2O5S. The van der Waals surface area contributed by atoms with Crippen LogP contribution < -0.4 is 10.6 Å². The van der Waals surface area contributed by atoms with E-state index in [-0.39, 0.29) is 17.8 Å². The number of nitrogens with zero attached hydrogens (tertiary/aromatic N) is 2. The molecule has 0 aliphatic heterocycles. The molecule has 0 aliphatic rings. The van der Waals surface area contributed by atoms with Gasteiger partial charge in [0.15, 0.2) is 0 Å². The summed E-state index contributed by atoms with van der Waals surface area (Å²) in [4.78, 5) is 46.6. The smallest absolute Gasteiger partial charge is 0.346 e.